The molecule has 1 aromatic carbocycles. The van der Waals surface area contributed by atoms with E-state index >= 15 is 0 Å². The van der Waals surface area contributed by atoms with Crippen molar-refractivity contribution in [2.75, 3.05) is 13.1 Å². The van der Waals surface area contributed by atoms with Crippen molar-refractivity contribution < 1.29 is 17.6 Å². The van der Waals surface area contributed by atoms with Crippen molar-refractivity contribution in [1.29, 1.82) is 0 Å². The summed E-state index contributed by atoms with van der Waals surface area (Å²) in [7, 11) is 0. The summed E-state index contributed by atoms with van der Waals surface area (Å²) in [5.41, 5.74) is 1.11. The Balaban J connectivity index is 2.13. The van der Waals surface area contributed by atoms with E-state index in [4.69, 9.17) is 0 Å². The summed E-state index contributed by atoms with van der Waals surface area (Å²) in [6, 6.07) is 9.56. The van der Waals surface area contributed by atoms with Gasteiger partial charge in [0.2, 0.25) is 0 Å². The smallest absolute Gasteiger partial charge is 0.311 e. The second-order valence-corrected chi connectivity index (χ2v) is 3.83. The molecule has 0 saturated heterocycles. The van der Waals surface area contributed by atoms with Gasteiger partial charge in [0.15, 0.2) is 0 Å². The van der Waals surface area contributed by atoms with Gasteiger partial charge in [-0.25, -0.2) is 8.78 Å². The lowest BCUT2D eigenvalue weighted by atomic mass is 10.1. The lowest BCUT2D eigenvalue weighted by Crippen LogP contribution is -2.39. The molecule has 1 nitrogen and oxygen atoms in total. The summed E-state index contributed by atoms with van der Waals surface area (Å²) in [4.78, 5) is 0. The van der Waals surface area contributed by atoms with Crippen LogP contribution in [-0.2, 0) is 6.42 Å². The zero-order valence-corrected chi connectivity index (χ0v) is 9.30. The van der Waals surface area contributed by atoms with Gasteiger partial charge in [0.1, 0.15) is 0 Å². The Kier molecular flexibility index (Phi) is 5.41. The van der Waals surface area contributed by atoms with Crippen LogP contribution in [-0.4, -0.2) is 25.4 Å². The van der Waals surface area contributed by atoms with Gasteiger partial charge in [0, 0.05) is 0 Å². The molecule has 0 aliphatic rings. The van der Waals surface area contributed by atoms with Crippen molar-refractivity contribution in [1.82, 2.24) is 5.32 Å². The van der Waals surface area contributed by atoms with E-state index in [1.807, 2.05) is 30.3 Å². The molecule has 0 unspecified atom stereocenters. The van der Waals surface area contributed by atoms with Crippen LogP contribution in [0.3, 0.4) is 0 Å². The SMILES string of the molecule is FC(F)C(F)(F)CNCCCc1ccccc1. The van der Waals surface area contributed by atoms with E-state index in [0.717, 1.165) is 12.0 Å². The maximum absolute atomic E-state index is 12.5. The highest BCUT2D eigenvalue weighted by Crippen LogP contribution is 2.21. The number of hydrogen-bond acceptors (Lipinski definition) is 1. The molecule has 96 valence electrons. The molecule has 0 aliphatic carbocycles. The van der Waals surface area contributed by atoms with Crippen LogP contribution in [0.15, 0.2) is 30.3 Å². The molecule has 1 rings (SSSR count). The first-order valence-electron chi connectivity index (χ1n) is 5.43. The fourth-order valence-corrected chi connectivity index (χ4v) is 1.39. The summed E-state index contributed by atoms with van der Waals surface area (Å²) in [6.07, 6.45) is -2.22. The number of halogens is 4. The molecule has 1 aromatic rings. The molecule has 0 saturated carbocycles. The van der Waals surface area contributed by atoms with Gasteiger partial charge in [0.25, 0.3) is 0 Å². The van der Waals surface area contributed by atoms with Crippen LogP contribution in [0, 0.1) is 0 Å². The second kappa shape index (κ2) is 6.59. The Hall–Kier alpha value is -1.10. The van der Waals surface area contributed by atoms with E-state index in [9.17, 15) is 17.6 Å². The average molecular weight is 249 g/mol. The monoisotopic (exact) mass is 249 g/mol. The molecular weight excluding hydrogens is 234 g/mol. The van der Waals surface area contributed by atoms with Crippen molar-refractivity contribution in [3.05, 3.63) is 35.9 Å². The molecule has 0 aromatic heterocycles. The summed E-state index contributed by atoms with van der Waals surface area (Å²) in [5.74, 6) is -3.94. The van der Waals surface area contributed by atoms with Gasteiger partial charge in [-0.1, -0.05) is 30.3 Å². The van der Waals surface area contributed by atoms with Crippen molar-refractivity contribution in [2.45, 2.75) is 25.2 Å². The van der Waals surface area contributed by atoms with E-state index in [-0.39, 0.29) is 0 Å². The van der Waals surface area contributed by atoms with E-state index in [2.05, 4.69) is 5.32 Å². The molecule has 0 bridgehead atoms. The molecule has 0 spiro atoms. The third-order valence-corrected chi connectivity index (χ3v) is 2.34. The Morgan fingerprint density at radius 3 is 2.35 bits per heavy atom. The molecule has 0 aliphatic heterocycles. The first kappa shape index (κ1) is 14.0. The summed E-state index contributed by atoms with van der Waals surface area (Å²) < 4.78 is 48.6. The molecule has 0 fully saturated rings. The van der Waals surface area contributed by atoms with Crippen molar-refractivity contribution in [3.8, 4) is 0 Å². The molecule has 17 heavy (non-hydrogen) atoms. The van der Waals surface area contributed by atoms with Crippen molar-refractivity contribution in [2.24, 2.45) is 0 Å². The van der Waals surface area contributed by atoms with Crippen molar-refractivity contribution in [3.63, 3.8) is 0 Å². The molecule has 0 atom stereocenters. The predicted octanol–water partition coefficient (Wildman–Crippen LogP) is 3.11. The number of benzene rings is 1. The fourth-order valence-electron chi connectivity index (χ4n) is 1.39. The zero-order chi connectivity index (χ0) is 12.7. The van der Waals surface area contributed by atoms with Crippen LogP contribution in [0.2, 0.25) is 0 Å². The Labute approximate surface area is 97.8 Å². The number of nitrogens with one attached hydrogen (secondary N) is 1. The first-order valence-corrected chi connectivity index (χ1v) is 5.43. The van der Waals surface area contributed by atoms with E-state index in [1.165, 1.54) is 0 Å². The topological polar surface area (TPSA) is 12.0 Å². The second-order valence-electron chi connectivity index (χ2n) is 3.83. The highest BCUT2D eigenvalue weighted by atomic mass is 19.3. The molecular formula is C12H15F4N. The summed E-state index contributed by atoms with van der Waals surface area (Å²) in [5, 5.41) is 2.35. The van der Waals surface area contributed by atoms with E-state index in [1.54, 1.807) is 0 Å². The quantitative estimate of drug-likeness (QED) is 0.578. The minimum absolute atomic E-state index is 0.303. The largest absolute Gasteiger partial charge is 0.319 e. The molecule has 0 amide bonds. The third-order valence-electron chi connectivity index (χ3n) is 2.34. The van der Waals surface area contributed by atoms with Crippen molar-refractivity contribution >= 4 is 0 Å². The van der Waals surface area contributed by atoms with Gasteiger partial charge in [-0.3, -0.25) is 0 Å². The van der Waals surface area contributed by atoms with Crippen LogP contribution in [0.5, 0.6) is 0 Å². The van der Waals surface area contributed by atoms with Gasteiger partial charge < -0.3 is 5.32 Å². The Morgan fingerprint density at radius 2 is 1.76 bits per heavy atom. The third kappa shape index (κ3) is 5.17. The predicted molar refractivity (Wildman–Crippen MR) is 58.6 cm³/mol. The van der Waals surface area contributed by atoms with E-state index in [0.29, 0.717) is 13.0 Å². The van der Waals surface area contributed by atoms with Crippen LogP contribution < -0.4 is 5.32 Å². The molecule has 0 heterocycles. The first-order chi connectivity index (χ1) is 8.02. The minimum Gasteiger partial charge on any atom is -0.311 e. The van der Waals surface area contributed by atoms with Gasteiger partial charge in [0.05, 0.1) is 6.54 Å². The van der Waals surface area contributed by atoms with Gasteiger partial charge in [-0.15, -0.1) is 0 Å². The highest BCUT2D eigenvalue weighted by molar-refractivity contribution is 5.14. The zero-order valence-electron chi connectivity index (χ0n) is 9.30. The average Bonchev–Trinajstić information content (AvgIpc) is 2.29. The van der Waals surface area contributed by atoms with Crippen LogP contribution in [0.25, 0.3) is 0 Å². The fraction of sp³-hybridized carbons (Fsp3) is 0.500. The Bertz CT molecular complexity index is 314. The normalized spacial score (nSPS) is 12.1. The summed E-state index contributed by atoms with van der Waals surface area (Å²) >= 11 is 0. The van der Waals surface area contributed by atoms with Crippen LogP contribution >= 0.6 is 0 Å². The van der Waals surface area contributed by atoms with E-state index < -0.39 is 18.9 Å². The van der Waals surface area contributed by atoms with Gasteiger partial charge in [-0.2, -0.15) is 8.78 Å². The standard InChI is InChI=1S/C12H15F4N/c13-11(14)12(15,16)9-17-8-4-7-10-5-2-1-3-6-10/h1-3,5-6,11,17H,4,7-9H2. The lowest BCUT2D eigenvalue weighted by molar-refractivity contribution is -0.125. The molecule has 1 N–H and O–H groups in total. The molecule has 5 heteroatoms. The Morgan fingerprint density at radius 1 is 1.12 bits per heavy atom. The number of alkyl halides is 4. The number of hydrogen-bond donors (Lipinski definition) is 1. The molecule has 0 radical (unpaired) electrons. The minimum atomic E-state index is -3.94. The van der Waals surface area contributed by atoms with Crippen LogP contribution in [0.4, 0.5) is 17.6 Å². The van der Waals surface area contributed by atoms with Gasteiger partial charge in [-0.05, 0) is 24.9 Å². The van der Waals surface area contributed by atoms with Gasteiger partial charge >= 0.3 is 12.3 Å². The highest BCUT2D eigenvalue weighted by Gasteiger charge is 2.39. The lowest BCUT2D eigenvalue weighted by Gasteiger charge is -2.15. The number of rotatable bonds is 7. The maximum atomic E-state index is 12.5. The van der Waals surface area contributed by atoms with Crippen LogP contribution in [0.1, 0.15) is 12.0 Å². The number of aryl methyl sites for hydroxylation is 1. The summed E-state index contributed by atoms with van der Waals surface area (Å²) in [6.45, 7) is -0.670. The maximum Gasteiger partial charge on any atom is 0.319 e.